The molecule has 0 radical (unpaired) electrons. The number of hydrogen-bond acceptors (Lipinski definition) is 3. The van der Waals surface area contributed by atoms with Crippen LogP contribution in [0.5, 0.6) is 5.75 Å². The van der Waals surface area contributed by atoms with Crippen molar-refractivity contribution in [3.63, 3.8) is 0 Å². The summed E-state index contributed by atoms with van der Waals surface area (Å²) in [5.74, 6) is 0.505. The Morgan fingerprint density at radius 2 is 2.09 bits per heavy atom. The van der Waals surface area contributed by atoms with Crippen molar-refractivity contribution in [3.8, 4) is 5.75 Å². The van der Waals surface area contributed by atoms with Gasteiger partial charge in [0.1, 0.15) is 22.9 Å². The monoisotopic (exact) mass is 298 g/mol. The smallest absolute Gasteiger partial charge is 0.143 e. The van der Waals surface area contributed by atoms with Crippen LogP contribution in [0, 0.1) is 12.7 Å². The van der Waals surface area contributed by atoms with Gasteiger partial charge in [0.2, 0.25) is 0 Å². The summed E-state index contributed by atoms with van der Waals surface area (Å²) in [6, 6.07) is 9.01. The average molecular weight is 298 g/mol. The fraction of sp³-hybridized carbons (Fsp3) is 0.389. The van der Waals surface area contributed by atoms with E-state index in [1.54, 1.807) is 25.3 Å². The molecular formula is C18H19FN2O. The van der Waals surface area contributed by atoms with Gasteiger partial charge in [0.25, 0.3) is 0 Å². The van der Waals surface area contributed by atoms with Crippen molar-refractivity contribution >= 4 is 0 Å². The molecule has 2 aliphatic rings. The summed E-state index contributed by atoms with van der Waals surface area (Å²) in [5.41, 5.74) is 7.87. The molecule has 2 N–H and O–H groups in total. The van der Waals surface area contributed by atoms with Gasteiger partial charge in [0.15, 0.2) is 0 Å². The summed E-state index contributed by atoms with van der Waals surface area (Å²) < 4.78 is 20.3. The Balaban J connectivity index is 1.89. The summed E-state index contributed by atoms with van der Waals surface area (Å²) >= 11 is 0. The molecule has 2 heterocycles. The number of nitrogens with zero attached hydrogens (tertiary/aromatic N) is 1. The highest BCUT2D eigenvalue weighted by atomic mass is 19.1. The highest BCUT2D eigenvalue weighted by Gasteiger charge is 2.52. The normalized spacial score (nSPS) is 25.2. The van der Waals surface area contributed by atoms with Gasteiger partial charge in [-0.15, -0.1) is 0 Å². The summed E-state index contributed by atoms with van der Waals surface area (Å²) in [6.45, 7) is 1.76. The van der Waals surface area contributed by atoms with Crippen LogP contribution in [0.15, 0.2) is 36.5 Å². The molecule has 114 valence electrons. The molecule has 1 aromatic heterocycles. The average Bonchev–Trinajstić information content (AvgIpc) is 2.48. The molecule has 1 aliphatic heterocycles. The molecule has 4 rings (SSSR count). The number of fused-ring (bicyclic) bond motifs is 1. The Kier molecular flexibility index (Phi) is 2.82. The van der Waals surface area contributed by atoms with Gasteiger partial charge in [-0.25, -0.2) is 4.39 Å². The Bertz CT molecular complexity index is 742. The lowest BCUT2D eigenvalue weighted by atomic mass is 9.67. The second kappa shape index (κ2) is 4.53. The van der Waals surface area contributed by atoms with Crippen molar-refractivity contribution in [2.45, 2.75) is 43.7 Å². The number of aromatic nitrogens is 1. The molecule has 0 amide bonds. The second-order valence-electron chi connectivity index (χ2n) is 6.60. The molecule has 1 aliphatic carbocycles. The maximum absolute atomic E-state index is 14.1. The zero-order valence-corrected chi connectivity index (χ0v) is 12.6. The number of rotatable bonds is 1. The Labute approximate surface area is 129 Å². The van der Waals surface area contributed by atoms with Gasteiger partial charge in [-0.2, -0.15) is 0 Å². The number of pyridine rings is 1. The molecule has 22 heavy (non-hydrogen) atoms. The Morgan fingerprint density at radius 1 is 1.27 bits per heavy atom. The van der Waals surface area contributed by atoms with Gasteiger partial charge in [-0.05, 0) is 55.5 Å². The molecule has 3 nitrogen and oxygen atoms in total. The van der Waals surface area contributed by atoms with E-state index in [0.717, 1.165) is 30.6 Å². The third-order valence-corrected chi connectivity index (χ3v) is 5.07. The molecule has 1 fully saturated rings. The molecule has 1 spiro atoms. The molecule has 2 aromatic rings. The lowest BCUT2D eigenvalue weighted by molar-refractivity contribution is -0.0459. The van der Waals surface area contributed by atoms with Crippen LogP contribution in [0.1, 0.15) is 42.5 Å². The lowest BCUT2D eigenvalue weighted by Gasteiger charge is -2.51. The summed E-state index contributed by atoms with van der Waals surface area (Å²) in [7, 11) is 0. The first kappa shape index (κ1) is 13.7. The molecular weight excluding hydrogens is 279 g/mol. The third kappa shape index (κ3) is 1.87. The van der Waals surface area contributed by atoms with Crippen LogP contribution in [0.4, 0.5) is 4.39 Å². The van der Waals surface area contributed by atoms with Gasteiger partial charge >= 0.3 is 0 Å². The predicted octanol–water partition coefficient (Wildman–Crippen LogP) is 3.44. The molecule has 4 heteroatoms. The summed E-state index contributed by atoms with van der Waals surface area (Å²) in [6.07, 6.45) is 5.50. The van der Waals surface area contributed by atoms with Crippen LogP contribution in [0.25, 0.3) is 0 Å². The zero-order chi connectivity index (χ0) is 15.4. The molecule has 1 atom stereocenters. The van der Waals surface area contributed by atoms with E-state index in [-0.39, 0.29) is 11.4 Å². The molecule has 0 saturated heterocycles. The van der Waals surface area contributed by atoms with Crippen molar-refractivity contribution in [2.75, 3.05) is 0 Å². The Morgan fingerprint density at radius 3 is 2.77 bits per heavy atom. The van der Waals surface area contributed by atoms with Crippen LogP contribution in [0.3, 0.4) is 0 Å². The number of hydrogen-bond donors (Lipinski definition) is 1. The van der Waals surface area contributed by atoms with Gasteiger partial charge in [0.05, 0.1) is 5.54 Å². The molecule has 1 saturated carbocycles. The van der Waals surface area contributed by atoms with E-state index in [2.05, 4.69) is 4.98 Å². The lowest BCUT2D eigenvalue weighted by Crippen LogP contribution is -2.56. The first-order valence-corrected chi connectivity index (χ1v) is 7.73. The standard InChI is InChI=1S/C18H19FN2O/c1-12-5-6-13(10-14(12)19)18(20)11-17(7-3-8-17)22-15-4-2-9-21-16(15)18/h2,4-6,9-10H,3,7-8,11,20H2,1H3/t18-/m0/s1. The number of nitrogens with two attached hydrogens (primary N) is 1. The van der Waals surface area contributed by atoms with E-state index < -0.39 is 5.54 Å². The SMILES string of the molecule is Cc1ccc([C@@]2(N)CC3(CCC3)Oc3cccnc32)cc1F. The highest BCUT2D eigenvalue weighted by molar-refractivity contribution is 5.46. The van der Waals surface area contributed by atoms with Crippen molar-refractivity contribution in [1.82, 2.24) is 4.98 Å². The van der Waals surface area contributed by atoms with Crippen LogP contribution < -0.4 is 10.5 Å². The fourth-order valence-electron chi connectivity index (χ4n) is 3.63. The summed E-state index contributed by atoms with van der Waals surface area (Å²) in [4.78, 5) is 4.45. The van der Waals surface area contributed by atoms with Crippen molar-refractivity contribution in [1.29, 1.82) is 0 Å². The van der Waals surface area contributed by atoms with Crippen molar-refractivity contribution < 1.29 is 9.13 Å². The van der Waals surface area contributed by atoms with Gasteiger partial charge < -0.3 is 10.5 Å². The van der Waals surface area contributed by atoms with Gasteiger partial charge in [-0.3, -0.25) is 4.98 Å². The highest BCUT2D eigenvalue weighted by Crippen LogP contribution is 2.51. The number of aryl methyl sites for hydroxylation is 1. The maximum Gasteiger partial charge on any atom is 0.143 e. The number of ether oxygens (including phenoxy) is 1. The minimum absolute atomic E-state index is 0.216. The van der Waals surface area contributed by atoms with Crippen molar-refractivity contribution in [3.05, 3.63) is 59.2 Å². The minimum atomic E-state index is -0.802. The second-order valence-corrected chi connectivity index (χ2v) is 6.60. The number of halogens is 1. The number of benzene rings is 1. The molecule has 1 aromatic carbocycles. The maximum atomic E-state index is 14.1. The van der Waals surface area contributed by atoms with Gasteiger partial charge in [0, 0.05) is 12.6 Å². The fourth-order valence-corrected chi connectivity index (χ4v) is 3.63. The van der Waals surface area contributed by atoms with E-state index >= 15 is 0 Å². The quantitative estimate of drug-likeness (QED) is 0.877. The van der Waals surface area contributed by atoms with Gasteiger partial charge in [-0.1, -0.05) is 12.1 Å². The van der Waals surface area contributed by atoms with Crippen LogP contribution >= 0.6 is 0 Å². The van der Waals surface area contributed by atoms with E-state index in [1.165, 1.54) is 0 Å². The van der Waals surface area contributed by atoms with E-state index in [4.69, 9.17) is 10.5 Å². The minimum Gasteiger partial charge on any atom is -0.485 e. The predicted molar refractivity (Wildman–Crippen MR) is 82.2 cm³/mol. The van der Waals surface area contributed by atoms with Crippen molar-refractivity contribution in [2.24, 2.45) is 5.73 Å². The molecule has 0 unspecified atom stereocenters. The van der Waals surface area contributed by atoms with Crippen LogP contribution in [0.2, 0.25) is 0 Å². The third-order valence-electron chi connectivity index (χ3n) is 5.07. The van der Waals surface area contributed by atoms with E-state index in [0.29, 0.717) is 17.7 Å². The van der Waals surface area contributed by atoms with E-state index in [1.807, 2.05) is 18.2 Å². The molecule has 0 bridgehead atoms. The van der Waals surface area contributed by atoms with Crippen LogP contribution in [-0.2, 0) is 5.54 Å². The topological polar surface area (TPSA) is 48.1 Å². The van der Waals surface area contributed by atoms with E-state index in [9.17, 15) is 4.39 Å². The first-order chi connectivity index (χ1) is 10.5. The first-order valence-electron chi connectivity index (χ1n) is 7.73. The summed E-state index contributed by atoms with van der Waals surface area (Å²) in [5, 5.41) is 0. The zero-order valence-electron chi connectivity index (χ0n) is 12.6. The van der Waals surface area contributed by atoms with Crippen LogP contribution in [-0.4, -0.2) is 10.6 Å². The Hall–Kier alpha value is -1.94. The largest absolute Gasteiger partial charge is 0.485 e.